The zero-order valence-corrected chi connectivity index (χ0v) is 9.05. The lowest BCUT2D eigenvalue weighted by atomic mass is 9.93. The van der Waals surface area contributed by atoms with Gasteiger partial charge in [-0.05, 0) is 58.8 Å². The molecule has 1 fully saturated rings. The van der Waals surface area contributed by atoms with Crippen molar-refractivity contribution in [2.45, 2.75) is 24.7 Å². The van der Waals surface area contributed by atoms with E-state index < -0.39 is 0 Å². The van der Waals surface area contributed by atoms with Crippen molar-refractivity contribution in [3.05, 3.63) is 28.5 Å². The average molecular weight is 241 g/mol. The summed E-state index contributed by atoms with van der Waals surface area (Å²) in [7, 11) is 0. The first-order valence-electron chi connectivity index (χ1n) is 4.58. The summed E-state index contributed by atoms with van der Waals surface area (Å²) in [5, 5.41) is 0. The van der Waals surface area contributed by atoms with Gasteiger partial charge in [-0.15, -0.1) is 0 Å². The Morgan fingerprint density at radius 3 is 2.85 bits per heavy atom. The molecule has 1 heterocycles. The van der Waals surface area contributed by atoms with Gasteiger partial charge in [0.15, 0.2) is 0 Å². The van der Waals surface area contributed by atoms with Crippen LogP contribution in [0.4, 0.5) is 0 Å². The zero-order valence-electron chi connectivity index (χ0n) is 7.46. The van der Waals surface area contributed by atoms with Gasteiger partial charge in [0.05, 0.1) is 0 Å². The van der Waals surface area contributed by atoms with Crippen molar-refractivity contribution < 1.29 is 0 Å². The molecule has 1 aromatic rings. The highest BCUT2D eigenvalue weighted by atomic mass is 79.9. The normalized spacial score (nSPS) is 18.6. The van der Waals surface area contributed by atoms with Crippen LogP contribution in [0.1, 0.15) is 24.8 Å². The monoisotopic (exact) mass is 240 g/mol. The second kappa shape index (κ2) is 3.39. The molecule has 0 unspecified atom stereocenters. The van der Waals surface area contributed by atoms with Crippen molar-refractivity contribution in [1.29, 1.82) is 0 Å². The Morgan fingerprint density at radius 1 is 1.54 bits per heavy atom. The lowest BCUT2D eigenvalue weighted by Crippen LogP contribution is -2.14. The largest absolute Gasteiger partial charge is 0.330 e. The minimum atomic E-state index is 0.372. The van der Waals surface area contributed by atoms with Crippen LogP contribution in [0.25, 0.3) is 0 Å². The number of halogens is 1. The second-order valence-electron chi connectivity index (χ2n) is 3.67. The average Bonchev–Trinajstić information content (AvgIpc) is 2.87. The molecule has 1 saturated carbocycles. The summed E-state index contributed by atoms with van der Waals surface area (Å²) in [6.45, 7) is 0.773. The molecule has 3 heteroatoms. The topological polar surface area (TPSA) is 38.9 Å². The number of nitrogens with zero attached hydrogens (tertiary/aromatic N) is 1. The van der Waals surface area contributed by atoms with E-state index in [0.29, 0.717) is 5.41 Å². The zero-order chi connectivity index (χ0) is 9.31. The van der Waals surface area contributed by atoms with Gasteiger partial charge < -0.3 is 5.73 Å². The van der Waals surface area contributed by atoms with Gasteiger partial charge in [0.2, 0.25) is 0 Å². The number of hydrogen-bond donors (Lipinski definition) is 1. The Bertz CT molecular complexity index is 308. The summed E-state index contributed by atoms with van der Waals surface area (Å²) in [6.07, 6.45) is 7.36. The van der Waals surface area contributed by atoms with Crippen molar-refractivity contribution in [2.75, 3.05) is 6.54 Å². The highest BCUT2D eigenvalue weighted by Crippen LogP contribution is 2.52. The van der Waals surface area contributed by atoms with Crippen LogP contribution in [0.5, 0.6) is 0 Å². The molecule has 70 valence electrons. The van der Waals surface area contributed by atoms with E-state index in [0.717, 1.165) is 17.4 Å². The van der Waals surface area contributed by atoms with Crippen LogP contribution in [0, 0.1) is 0 Å². The summed E-state index contributed by atoms with van der Waals surface area (Å²) < 4.78 is 1.13. The van der Waals surface area contributed by atoms with Gasteiger partial charge >= 0.3 is 0 Å². The molecule has 0 amide bonds. The van der Waals surface area contributed by atoms with Crippen LogP contribution >= 0.6 is 15.9 Å². The third-order valence-corrected chi connectivity index (χ3v) is 3.45. The molecule has 1 aromatic heterocycles. The van der Waals surface area contributed by atoms with E-state index in [2.05, 4.69) is 27.0 Å². The van der Waals surface area contributed by atoms with Crippen molar-refractivity contribution in [1.82, 2.24) is 4.98 Å². The van der Waals surface area contributed by atoms with Gasteiger partial charge in [0.25, 0.3) is 0 Å². The van der Waals surface area contributed by atoms with Crippen LogP contribution in [0.15, 0.2) is 22.9 Å². The van der Waals surface area contributed by atoms with Crippen molar-refractivity contribution in [3.8, 4) is 0 Å². The smallest absolute Gasteiger partial charge is 0.0413 e. The van der Waals surface area contributed by atoms with E-state index in [4.69, 9.17) is 5.73 Å². The van der Waals surface area contributed by atoms with Crippen molar-refractivity contribution >= 4 is 15.9 Å². The molecule has 0 saturated heterocycles. The van der Waals surface area contributed by atoms with Gasteiger partial charge in [-0.1, -0.05) is 0 Å². The maximum atomic E-state index is 5.61. The van der Waals surface area contributed by atoms with Crippen LogP contribution < -0.4 is 5.73 Å². The lowest BCUT2D eigenvalue weighted by molar-refractivity contribution is 0.625. The Morgan fingerprint density at radius 2 is 2.31 bits per heavy atom. The van der Waals surface area contributed by atoms with E-state index in [1.165, 1.54) is 18.4 Å². The lowest BCUT2D eigenvalue weighted by Gasteiger charge is -2.15. The minimum absolute atomic E-state index is 0.372. The summed E-state index contributed by atoms with van der Waals surface area (Å²) in [4.78, 5) is 4.07. The van der Waals surface area contributed by atoms with E-state index in [1.807, 2.05) is 12.4 Å². The van der Waals surface area contributed by atoms with E-state index in [1.54, 1.807) is 0 Å². The third-order valence-electron chi connectivity index (χ3n) is 2.82. The van der Waals surface area contributed by atoms with Crippen LogP contribution in [-0.2, 0) is 5.41 Å². The van der Waals surface area contributed by atoms with Gasteiger partial charge in [0.1, 0.15) is 0 Å². The first kappa shape index (κ1) is 9.16. The van der Waals surface area contributed by atoms with E-state index in [-0.39, 0.29) is 0 Å². The third kappa shape index (κ3) is 1.63. The Labute approximate surface area is 86.7 Å². The van der Waals surface area contributed by atoms with Crippen molar-refractivity contribution in [3.63, 3.8) is 0 Å². The van der Waals surface area contributed by atoms with Gasteiger partial charge in [-0.3, -0.25) is 4.98 Å². The molecule has 0 atom stereocenters. The van der Waals surface area contributed by atoms with Crippen LogP contribution in [0.2, 0.25) is 0 Å². The van der Waals surface area contributed by atoms with Crippen LogP contribution in [-0.4, -0.2) is 11.5 Å². The quantitative estimate of drug-likeness (QED) is 0.881. The first-order chi connectivity index (χ1) is 6.28. The number of hydrogen-bond acceptors (Lipinski definition) is 2. The van der Waals surface area contributed by atoms with Gasteiger partial charge in [-0.25, -0.2) is 0 Å². The number of nitrogens with two attached hydrogens (primary N) is 1. The van der Waals surface area contributed by atoms with E-state index in [9.17, 15) is 0 Å². The maximum absolute atomic E-state index is 5.61. The summed E-state index contributed by atoms with van der Waals surface area (Å²) in [6, 6.07) is 2.10. The predicted molar refractivity (Wildman–Crippen MR) is 56.5 cm³/mol. The summed E-state index contributed by atoms with van der Waals surface area (Å²) in [5.41, 5.74) is 7.37. The first-order valence-corrected chi connectivity index (χ1v) is 5.38. The fourth-order valence-electron chi connectivity index (χ4n) is 1.89. The van der Waals surface area contributed by atoms with Crippen molar-refractivity contribution in [2.24, 2.45) is 5.73 Å². The number of rotatable bonds is 3. The molecule has 0 radical (unpaired) electrons. The molecule has 2 nitrogen and oxygen atoms in total. The molecule has 1 aliphatic rings. The Hall–Kier alpha value is -0.410. The maximum Gasteiger partial charge on any atom is 0.0413 e. The fraction of sp³-hybridized carbons (Fsp3) is 0.500. The number of aromatic nitrogens is 1. The molecule has 0 aliphatic heterocycles. The molecular formula is C10H13BrN2. The highest BCUT2D eigenvalue weighted by Gasteiger charge is 2.44. The minimum Gasteiger partial charge on any atom is -0.330 e. The summed E-state index contributed by atoms with van der Waals surface area (Å²) in [5.74, 6) is 0. The standard InChI is InChI=1S/C10H13BrN2/c11-9-7-13-6-1-8(9)10(2-3-10)4-5-12/h1,6-7H,2-5,12H2. The van der Waals surface area contributed by atoms with Gasteiger partial charge in [-0.2, -0.15) is 0 Å². The molecule has 1 aliphatic carbocycles. The summed E-state index contributed by atoms with van der Waals surface area (Å²) >= 11 is 3.54. The fourth-order valence-corrected chi connectivity index (χ4v) is 2.56. The number of pyridine rings is 1. The molecule has 2 N–H and O–H groups in total. The molecule has 0 aromatic carbocycles. The second-order valence-corrected chi connectivity index (χ2v) is 4.53. The highest BCUT2D eigenvalue weighted by molar-refractivity contribution is 9.10. The molecular weight excluding hydrogens is 228 g/mol. The molecule has 2 rings (SSSR count). The van der Waals surface area contributed by atoms with Crippen LogP contribution in [0.3, 0.4) is 0 Å². The molecule has 13 heavy (non-hydrogen) atoms. The van der Waals surface area contributed by atoms with Gasteiger partial charge in [0, 0.05) is 16.9 Å². The molecule has 0 spiro atoms. The Balaban J connectivity index is 2.30. The molecule has 0 bridgehead atoms. The van der Waals surface area contributed by atoms with E-state index >= 15 is 0 Å². The predicted octanol–water partition coefficient (Wildman–Crippen LogP) is 2.22. The SMILES string of the molecule is NCCC1(c2ccncc2Br)CC1. The Kier molecular flexibility index (Phi) is 2.39.